The number of rotatable bonds is 4. The molecule has 0 saturated carbocycles. The summed E-state index contributed by atoms with van der Waals surface area (Å²) in [7, 11) is 1.76. The van der Waals surface area contributed by atoms with E-state index in [9.17, 15) is 9.59 Å². The molecule has 2 aromatic rings. The number of carbonyl (C=O) groups is 2. The molecule has 1 saturated heterocycles. The first kappa shape index (κ1) is 15.3. The van der Waals surface area contributed by atoms with E-state index in [0.29, 0.717) is 12.3 Å². The summed E-state index contributed by atoms with van der Waals surface area (Å²) >= 11 is 0. The molecule has 3 rings (SSSR count). The number of hydrogen-bond acceptors (Lipinski definition) is 3. The molecule has 5 heteroatoms. The number of amides is 2. The predicted molar refractivity (Wildman–Crippen MR) is 85.4 cm³/mol. The van der Waals surface area contributed by atoms with Gasteiger partial charge in [-0.15, -0.1) is 0 Å². The maximum Gasteiger partial charge on any atom is 0.226 e. The lowest BCUT2D eigenvalue weighted by Gasteiger charge is -2.25. The van der Waals surface area contributed by atoms with E-state index in [2.05, 4.69) is 5.32 Å². The SMILES string of the molecule is Cc1ccc([C@H]2[C@H](C(=O)NCc3ccco3)CC(=O)N2C)cc1. The molecule has 1 aliphatic rings. The molecule has 1 fully saturated rings. The largest absolute Gasteiger partial charge is 0.467 e. The van der Waals surface area contributed by atoms with Gasteiger partial charge in [0.2, 0.25) is 11.8 Å². The molecule has 2 amide bonds. The standard InChI is InChI=1S/C18H20N2O3/c1-12-5-7-13(8-6-12)17-15(10-16(21)20(17)2)18(22)19-11-14-4-3-9-23-14/h3-9,15,17H,10-11H2,1-2H3,(H,19,22)/t15-,17+/m1/s1. The molecule has 0 aliphatic carbocycles. The van der Waals surface area contributed by atoms with E-state index in [4.69, 9.17) is 4.42 Å². The lowest BCUT2D eigenvalue weighted by Crippen LogP contribution is -2.34. The molecule has 0 bridgehead atoms. The summed E-state index contributed by atoms with van der Waals surface area (Å²) in [5.41, 5.74) is 2.14. The fourth-order valence-electron chi connectivity index (χ4n) is 3.04. The smallest absolute Gasteiger partial charge is 0.226 e. The molecule has 0 unspecified atom stereocenters. The van der Waals surface area contributed by atoms with E-state index in [1.807, 2.05) is 37.3 Å². The van der Waals surface area contributed by atoms with Gasteiger partial charge in [0.1, 0.15) is 5.76 Å². The third kappa shape index (κ3) is 3.13. The molecule has 5 nitrogen and oxygen atoms in total. The highest BCUT2D eigenvalue weighted by atomic mass is 16.3. The first-order valence-electron chi connectivity index (χ1n) is 7.68. The van der Waals surface area contributed by atoms with Crippen molar-refractivity contribution >= 4 is 11.8 Å². The Kier molecular flexibility index (Phi) is 4.19. The van der Waals surface area contributed by atoms with Crippen molar-refractivity contribution in [2.45, 2.75) is 25.9 Å². The number of benzene rings is 1. The van der Waals surface area contributed by atoms with Crippen LogP contribution >= 0.6 is 0 Å². The Morgan fingerprint density at radius 1 is 1.30 bits per heavy atom. The first-order chi connectivity index (χ1) is 11.1. The summed E-state index contributed by atoms with van der Waals surface area (Å²) in [6.07, 6.45) is 1.81. The first-order valence-corrected chi connectivity index (χ1v) is 7.68. The molecule has 2 heterocycles. The Morgan fingerprint density at radius 3 is 2.70 bits per heavy atom. The molecule has 1 aliphatic heterocycles. The fourth-order valence-corrected chi connectivity index (χ4v) is 3.04. The Morgan fingerprint density at radius 2 is 2.04 bits per heavy atom. The van der Waals surface area contributed by atoms with Gasteiger partial charge in [0.15, 0.2) is 0 Å². The number of nitrogens with one attached hydrogen (secondary N) is 1. The van der Waals surface area contributed by atoms with Crippen molar-refractivity contribution in [2.75, 3.05) is 7.05 Å². The molecule has 1 N–H and O–H groups in total. The van der Waals surface area contributed by atoms with Gasteiger partial charge in [0.05, 0.1) is 24.8 Å². The average molecular weight is 312 g/mol. The minimum Gasteiger partial charge on any atom is -0.467 e. The van der Waals surface area contributed by atoms with Crippen molar-refractivity contribution in [2.24, 2.45) is 5.92 Å². The summed E-state index contributed by atoms with van der Waals surface area (Å²) in [6, 6.07) is 11.4. The molecule has 120 valence electrons. The van der Waals surface area contributed by atoms with Gasteiger partial charge >= 0.3 is 0 Å². The lowest BCUT2D eigenvalue weighted by atomic mass is 9.92. The number of hydrogen-bond donors (Lipinski definition) is 1. The van der Waals surface area contributed by atoms with Crippen molar-refractivity contribution in [3.63, 3.8) is 0 Å². The Bertz CT molecular complexity index is 692. The highest BCUT2D eigenvalue weighted by Gasteiger charge is 2.42. The van der Waals surface area contributed by atoms with Crippen LogP contribution in [0.2, 0.25) is 0 Å². The van der Waals surface area contributed by atoms with Crippen LogP contribution in [-0.2, 0) is 16.1 Å². The van der Waals surface area contributed by atoms with E-state index < -0.39 is 0 Å². The Hall–Kier alpha value is -2.56. The normalized spacial score (nSPS) is 20.8. The number of aryl methyl sites for hydroxylation is 1. The van der Waals surface area contributed by atoms with Crippen LogP contribution in [0.3, 0.4) is 0 Å². The zero-order valence-electron chi connectivity index (χ0n) is 13.3. The molecule has 0 spiro atoms. The van der Waals surface area contributed by atoms with Crippen molar-refractivity contribution < 1.29 is 14.0 Å². The van der Waals surface area contributed by atoms with Gasteiger partial charge < -0.3 is 14.6 Å². The molecule has 1 aromatic carbocycles. The van der Waals surface area contributed by atoms with Gasteiger partial charge in [-0.1, -0.05) is 29.8 Å². The quantitative estimate of drug-likeness (QED) is 0.943. The van der Waals surface area contributed by atoms with Crippen molar-refractivity contribution in [1.29, 1.82) is 0 Å². The van der Waals surface area contributed by atoms with Crippen LogP contribution in [-0.4, -0.2) is 23.8 Å². The van der Waals surface area contributed by atoms with E-state index in [1.54, 1.807) is 24.3 Å². The summed E-state index contributed by atoms with van der Waals surface area (Å²) in [6.45, 7) is 2.35. The van der Waals surface area contributed by atoms with Crippen molar-refractivity contribution in [3.05, 3.63) is 59.5 Å². The number of nitrogens with zero attached hydrogens (tertiary/aromatic N) is 1. The molecule has 2 atom stereocenters. The van der Waals surface area contributed by atoms with Crippen LogP contribution < -0.4 is 5.32 Å². The molecular weight excluding hydrogens is 292 g/mol. The van der Waals surface area contributed by atoms with Gasteiger partial charge in [-0.05, 0) is 24.6 Å². The Balaban J connectivity index is 1.76. The fraction of sp³-hybridized carbons (Fsp3) is 0.333. The van der Waals surface area contributed by atoms with Gasteiger partial charge in [0.25, 0.3) is 0 Å². The third-order valence-corrected chi connectivity index (χ3v) is 4.36. The molecular formula is C18H20N2O3. The maximum absolute atomic E-state index is 12.6. The minimum absolute atomic E-state index is 0.00581. The van der Waals surface area contributed by atoms with Crippen LogP contribution in [0.25, 0.3) is 0 Å². The number of carbonyl (C=O) groups excluding carboxylic acids is 2. The van der Waals surface area contributed by atoms with Gasteiger partial charge in [-0.2, -0.15) is 0 Å². The van der Waals surface area contributed by atoms with E-state index in [-0.39, 0.29) is 30.2 Å². The Labute approximate surface area is 135 Å². The van der Waals surface area contributed by atoms with Gasteiger partial charge in [-0.3, -0.25) is 9.59 Å². The van der Waals surface area contributed by atoms with Crippen molar-refractivity contribution in [3.8, 4) is 0 Å². The summed E-state index contributed by atoms with van der Waals surface area (Å²) < 4.78 is 5.22. The highest BCUT2D eigenvalue weighted by molar-refractivity contribution is 5.90. The predicted octanol–water partition coefficient (Wildman–Crippen LogP) is 2.42. The van der Waals surface area contributed by atoms with Crippen LogP contribution in [0.5, 0.6) is 0 Å². The maximum atomic E-state index is 12.6. The second kappa shape index (κ2) is 6.28. The summed E-state index contributed by atoms with van der Waals surface area (Å²) in [5.74, 6) is 0.187. The van der Waals surface area contributed by atoms with Crippen LogP contribution in [0.1, 0.15) is 29.3 Å². The number of likely N-dealkylation sites (tertiary alicyclic amines) is 1. The zero-order valence-corrected chi connectivity index (χ0v) is 13.3. The average Bonchev–Trinajstić information content (AvgIpc) is 3.15. The van der Waals surface area contributed by atoms with Crippen LogP contribution in [0.15, 0.2) is 47.1 Å². The van der Waals surface area contributed by atoms with E-state index >= 15 is 0 Å². The zero-order chi connectivity index (χ0) is 16.4. The third-order valence-electron chi connectivity index (χ3n) is 4.36. The second-order valence-corrected chi connectivity index (χ2v) is 5.97. The minimum atomic E-state index is -0.384. The molecule has 0 radical (unpaired) electrons. The summed E-state index contributed by atoms with van der Waals surface area (Å²) in [5, 5.41) is 2.87. The second-order valence-electron chi connectivity index (χ2n) is 5.97. The molecule has 1 aromatic heterocycles. The monoisotopic (exact) mass is 312 g/mol. The van der Waals surface area contributed by atoms with Gasteiger partial charge in [0, 0.05) is 13.5 Å². The van der Waals surface area contributed by atoms with Crippen LogP contribution in [0.4, 0.5) is 0 Å². The van der Waals surface area contributed by atoms with E-state index in [0.717, 1.165) is 11.1 Å². The molecule has 23 heavy (non-hydrogen) atoms. The number of furan rings is 1. The van der Waals surface area contributed by atoms with Crippen molar-refractivity contribution in [1.82, 2.24) is 10.2 Å². The summed E-state index contributed by atoms with van der Waals surface area (Å²) in [4.78, 5) is 26.3. The van der Waals surface area contributed by atoms with Crippen LogP contribution in [0, 0.1) is 12.8 Å². The van der Waals surface area contributed by atoms with E-state index in [1.165, 1.54) is 0 Å². The highest BCUT2D eigenvalue weighted by Crippen LogP contribution is 2.37. The topological polar surface area (TPSA) is 62.6 Å². The lowest BCUT2D eigenvalue weighted by molar-refractivity contribution is -0.128. The van der Waals surface area contributed by atoms with Gasteiger partial charge in [-0.25, -0.2) is 0 Å².